The number of nitrogens with zero attached hydrogens (tertiary/aromatic N) is 3. The van der Waals surface area contributed by atoms with E-state index in [2.05, 4.69) is 25.5 Å². The van der Waals surface area contributed by atoms with Crippen molar-refractivity contribution in [3.05, 3.63) is 24.5 Å². The van der Waals surface area contributed by atoms with Crippen LogP contribution in [0.15, 0.2) is 29.5 Å². The third-order valence-electron chi connectivity index (χ3n) is 5.41. The highest BCUT2D eigenvalue weighted by Gasteiger charge is 2.27. The third kappa shape index (κ3) is 7.44. The Kier molecular flexibility index (Phi) is 10.2. The van der Waals surface area contributed by atoms with Gasteiger partial charge < -0.3 is 15.4 Å². The molecule has 2 aliphatic rings. The first-order chi connectivity index (χ1) is 12.8. The summed E-state index contributed by atoms with van der Waals surface area (Å²) in [5.74, 6) is 1.67. The van der Waals surface area contributed by atoms with Gasteiger partial charge in [0.15, 0.2) is 5.96 Å². The monoisotopic (exact) mass is 487 g/mol. The molecule has 0 aromatic carbocycles. The van der Waals surface area contributed by atoms with E-state index in [0.29, 0.717) is 19.2 Å². The van der Waals surface area contributed by atoms with Crippen molar-refractivity contribution in [1.82, 2.24) is 20.5 Å². The average molecular weight is 487 g/mol. The number of pyridine rings is 1. The van der Waals surface area contributed by atoms with Crippen LogP contribution in [0.25, 0.3) is 0 Å². The molecule has 0 radical (unpaired) electrons. The van der Waals surface area contributed by atoms with Gasteiger partial charge in [0.05, 0.1) is 12.7 Å². The Hall–Kier alpha value is -1.09. The van der Waals surface area contributed by atoms with Gasteiger partial charge >= 0.3 is 0 Å². The molecule has 7 heteroatoms. The lowest BCUT2D eigenvalue weighted by atomic mass is 9.92. The maximum Gasteiger partial charge on any atom is 0.191 e. The Morgan fingerprint density at radius 3 is 2.85 bits per heavy atom. The van der Waals surface area contributed by atoms with Crippen LogP contribution in [0.4, 0.5) is 0 Å². The SMILES string of the molecule is CN=C(NCCOc1cccnc1)NC1CCCN(C2CCCCC2)C1.I. The highest BCUT2D eigenvalue weighted by Crippen LogP contribution is 2.25. The van der Waals surface area contributed by atoms with Crippen LogP contribution in [-0.2, 0) is 0 Å². The summed E-state index contributed by atoms with van der Waals surface area (Å²) in [4.78, 5) is 11.1. The molecule has 0 bridgehead atoms. The topological polar surface area (TPSA) is 61.8 Å². The van der Waals surface area contributed by atoms with Crippen LogP contribution in [0.3, 0.4) is 0 Å². The Balaban J connectivity index is 0.00000261. The Morgan fingerprint density at radius 2 is 2.11 bits per heavy atom. The highest BCUT2D eigenvalue weighted by molar-refractivity contribution is 14.0. The first-order valence-electron chi connectivity index (χ1n) is 10.1. The van der Waals surface area contributed by atoms with Gasteiger partial charge in [-0.1, -0.05) is 19.3 Å². The van der Waals surface area contributed by atoms with Crippen LogP contribution in [0.5, 0.6) is 5.75 Å². The number of nitrogens with one attached hydrogen (secondary N) is 2. The first kappa shape index (κ1) is 22.2. The van der Waals surface area contributed by atoms with Gasteiger partial charge in [-0.25, -0.2) is 0 Å². The van der Waals surface area contributed by atoms with Crippen molar-refractivity contribution in [2.24, 2.45) is 4.99 Å². The zero-order chi connectivity index (χ0) is 18.0. The van der Waals surface area contributed by atoms with E-state index in [1.54, 1.807) is 12.4 Å². The van der Waals surface area contributed by atoms with Gasteiger partial charge in [-0.05, 0) is 44.4 Å². The number of guanidine groups is 1. The molecule has 1 saturated carbocycles. The fraction of sp³-hybridized carbons (Fsp3) is 0.700. The number of halogens is 1. The maximum atomic E-state index is 5.67. The molecule has 1 unspecified atom stereocenters. The average Bonchev–Trinajstić information content (AvgIpc) is 2.72. The van der Waals surface area contributed by atoms with Crippen molar-refractivity contribution >= 4 is 29.9 Å². The minimum atomic E-state index is 0. The largest absolute Gasteiger partial charge is 0.490 e. The molecular formula is C20H34IN5O. The van der Waals surface area contributed by atoms with E-state index in [1.807, 2.05) is 19.2 Å². The summed E-state index contributed by atoms with van der Waals surface area (Å²) in [5, 5.41) is 6.96. The van der Waals surface area contributed by atoms with Crippen molar-refractivity contribution in [3.63, 3.8) is 0 Å². The normalized spacial score (nSPS) is 22.0. The number of hydrogen-bond acceptors (Lipinski definition) is 4. The molecule has 0 amide bonds. The van der Waals surface area contributed by atoms with Gasteiger partial charge in [0.25, 0.3) is 0 Å². The number of likely N-dealkylation sites (tertiary alicyclic amines) is 1. The molecule has 6 nitrogen and oxygen atoms in total. The van der Waals surface area contributed by atoms with Gasteiger partial charge in [-0.15, -0.1) is 24.0 Å². The minimum Gasteiger partial charge on any atom is -0.490 e. The highest BCUT2D eigenvalue weighted by atomic mass is 127. The summed E-state index contributed by atoms with van der Waals surface area (Å²) in [7, 11) is 1.83. The molecule has 1 atom stereocenters. The van der Waals surface area contributed by atoms with E-state index in [0.717, 1.165) is 24.3 Å². The number of hydrogen-bond donors (Lipinski definition) is 2. The smallest absolute Gasteiger partial charge is 0.191 e. The van der Waals surface area contributed by atoms with Crippen molar-refractivity contribution in [2.75, 3.05) is 33.3 Å². The quantitative estimate of drug-likeness (QED) is 0.280. The molecule has 2 fully saturated rings. The molecule has 0 spiro atoms. The predicted octanol–water partition coefficient (Wildman–Crippen LogP) is 3.04. The van der Waals surface area contributed by atoms with Crippen molar-refractivity contribution in [3.8, 4) is 5.75 Å². The molecule has 1 aromatic rings. The first-order valence-corrected chi connectivity index (χ1v) is 10.1. The lowest BCUT2D eigenvalue weighted by Gasteiger charge is -2.40. The molecule has 1 aromatic heterocycles. The fourth-order valence-corrected chi connectivity index (χ4v) is 4.06. The molecule has 1 saturated heterocycles. The van der Waals surface area contributed by atoms with Crippen molar-refractivity contribution in [2.45, 2.75) is 57.0 Å². The predicted molar refractivity (Wildman–Crippen MR) is 121 cm³/mol. The van der Waals surface area contributed by atoms with Crippen molar-refractivity contribution < 1.29 is 4.74 Å². The number of rotatable bonds is 6. The van der Waals surface area contributed by atoms with E-state index in [1.165, 1.54) is 51.5 Å². The number of aromatic nitrogens is 1. The van der Waals surface area contributed by atoms with Crippen LogP contribution in [0.1, 0.15) is 44.9 Å². The Bertz CT molecular complexity index is 551. The number of ether oxygens (including phenoxy) is 1. The second-order valence-electron chi connectivity index (χ2n) is 7.31. The van der Waals surface area contributed by atoms with Gasteiger partial charge in [0.2, 0.25) is 0 Å². The van der Waals surface area contributed by atoms with Gasteiger partial charge in [0.1, 0.15) is 12.4 Å². The molecule has 1 aliphatic carbocycles. The summed E-state index contributed by atoms with van der Waals surface area (Å²) in [5.41, 5.74) is 0. The van der Waals surface area contributed by atoms with Crippen LogP contribution in [0, 0.1) is 0 Å². The lowest BCUT2D eigenvalue weighted by molar-refractivity contribution is 0.115. The summed E-state index contributed by atoms with van der Waals surface area (Å²) in [6.45, 7) is 3.70. The Labute approximate surface area is 180 Å². The van der Waals surface area contributed by atoms with E-state index in [-0.39, 0.29) is 24.0 Å². The summed E-state index contributed by atoms with van der Waals surface area (Å²) >= 11 is 0. The van der Waals surface area contributed by atoms with E-state index < -0.39 is 0 Å². The Morgan fingerprint density at radius 1 is 1.26 bits per heavy atom. The van der Waals surface area contributed by atoms with Crippen LogP contribution in [0.2, 0.25) is 0 Å². The van der Waals surface area contributed by atoms with Crippen LogP contribution in [-0.4, -0.2) is 61.2 Å². The second-order valence-corrected chi connectivity index (χ2v) is 7.31. The second kappa shape index (κ2) is 12.4. The summed E-state index contributed by atoms with van der Waals surface area (Å²) < 4.78 is 5.67. The molecule has 152 valence electrons. The fourth-order valence-electron chi connectivity index (χ4n) is 4.06. The standard InChI is InChI=1S/C20H33N5O.HI/c1-21-20(23-12-14-26-19-10-5-11-22-15-19)24-17-7-6-13-25(16-17)18-8-3-2-4-9-18;/h5,10-11,15,17-18H,2-4,6-9,12-14,16H2,1H3,(H2,21,23,24);1H. The van der Waals surface area contributed by atoms with Gasteiger partial charge in [-0.2, -0.15) is 0 Å². The maximum absolute atomic E-state index is 5.67. The summed E-state index contributed by atoms with van der Waals surface area (Å²) in [6.07, 6.45) is 13.0. The van der Waals surface area contributed by atoms with E-state index in [4.69, 9.17) is 4.74 Å². The van der Waals surface area contributed by atoms with Gasteiger partial charge in [-0.3, -0.25) is 14.9 Å². The zero-order valence-electron chi connectivity index (χ0n) is 16.4. The molecular weight excluding hydrogens is 453 g/mol. The molecule has 3 rings (SSSR count). The zero-order valence-corrected chi connectivity index (χ0v) is 18.7. The molecule has 27 heavy (non-hydrogen) atoms. The van der Waals surface area contributed by atoms with E-state index in [9.17, 15) is 0 Å². The van der Waals surface area contributed by atoms with Crippen LogP contribution < -0.4 is 15.4 Å². The lowest BCUT2D eigenvalue weighted by Crippen LogP contribution is -2.53. The number of aliphatic imine (C=N–C) groups is 1. The third-order valence-corrected chi connectivity index (χ3v) is 5.41. The summed E-state index contributed by atoms with van der Waals surface area (Å²) in [6, 6.07) is 5.08. The molecule has 2 heterocycles. The molecule has 1 aliphatic heterocycles. The van der Waals surface area contributed by atoms with Crippen molar-refractivity contribution in [1.29, 1.82) is 0 Å². The number of piperidine rings is 1. The minimum absolute atomic E-state index is 0. The molecule has 2 N–H and O–H groups in total. The van der Waals surface area contributed by atoms with Crippen LogP contribution >= 0.6 is 24.0 Å². The van der Waals surface area contributed by atoms with Gasteiger partial charge in [0, 0.05) is 31.9 Å². The van der Waals surface area contributed by atoms with E-state index >= 15 is 0 Å².